The highest BCUT2D eigenvalue weighted by atomic mass is 32.1. The van der Waals surface area contributed by atoms with E-state index >= 15 is 0 Å². The Morgan fingerprint density at radius 1 is 1.06 bits per heavy atom. The third-order valence-corrected chi connectivity index (χ3v) is 12.1. The van der Waals surface area contributed by atoms with E-state index in [2.05, 4.69) is 51.8 Å². The summed E-state index contributed by atoms with van der Waals surface area (Å²) in [5.41, 5.74) is 7.05. The number of ketones is 2. The van der Waals surface area contributed by atoms with Crippen molar-refractivity contribution in [1.29, 1.82) is 0 Å². The lowest BCUT2D eigenvalue weighted by molar-refractivity contribution is -0.150. The van der Waals surface area contributed by atoms with Gasteiger partial charge in [-0.1, -0.05) is 91.6 Å². The first-order chi connectivity index (χ1) is 25.3. The zero-order chi connectivity index (χ0) is 39.1. The number of nitrogens with one attached hydrogen (secondary N) is 1. The number of ether oxygens (including phenoxy) is 1. The summed E-state index contributed by atoms with van der Waals surface area (Å²) in [5.74, 6) is -0.758. The maximum atomic E-state index is 14.7. The summed E-state index contributed by atoms with van der Waals surface area (Å²) in [4.78, 5) is 63.1. The smallest absolute Gasteiger partial charge is 0.270 e. The van der Waals surface area contributed by atoms with E-state index in [1.54, 1.807) is 5.38 Å². The minimum Gasteiger partial charge on any atom is -0.361 e. The van der Waals surface area contributed by atoms with Gasteiger partial charge < -0.3 is 20.7 Å². The summed E-state index contributed by atoms with van der Waals surface area (Å²) in [6.45, 7) is 16.0. The van der Waals surface area contributed by atoms with Crippen LogP contribution >= 0.6 is 11.3 Å². The van der Waals surface area contributed by atoms with Gasteiger partial charge in [-0.3, -0.25) is 24.1 Å². The number of hydrogen-bond donors (Lipinski definition) is 2. The number of amides is 2. The van der Waals surface area contributed by atoms with Gasteiger partial charge in [-0.2, -0.15) is 0 Å². The molecule has 2 amide bonds. The monoisotopic (exact) mass is 753 g/mol. The summed E-state index contributed by atoms with van der Waals surface area (Å²) in [6.07, 6.45) is 6.56. The second kappa shape index (κ2) is 22.4. The standard InChI is InChI=1S/C42H67N5O5S/c1-9-20-52-27-47(42(51)34(29(5)10-2)24-38(48)36-18-14-15-19-46(36)8)37(28(3)4)22-31(7)41-45-35(26-53-41)40(50)44-33(21-30(6)39(49)25-43)23-32-16-12-11-13-17-32/h11-13,16-17,26,28-31,33-34,36-37H,9-10,14-15,18-25,27,43H2,1-8H3,(H,44,50)/t29?,30-,31+,33+,34-,36+,37?/m0/s1. The van der Waals surface area contributed by atoms with E-state index in [9.17, 15) is 19.2 Å². The fraction of sp³-hybridized carbons (Fsp3) is 0.690. The third kappa shape index (κ3) is 13.4. The van der Waals surface area contributed by atoms with Crippen molar-refractivity contribution in [2.75, 3.05) is 33.5 Å². The second-order valence-corrected chi connectivity index (χ2v) is 16.6. The molecule has 1 aromatic carbocycles. The highest BCUT2D eigenvalue weighted by molar-refractivity contribution is 7.09. The van der Waals surface area contributed by atoms with Crippen LogP contribution < -0.4 is 11.1 Å². The summed E-state index contributed by atoms with van der Waals surface area (Å²) < 4.78 is 6.07. The molecule has 0 saturated carbocycles. The van der Waals surface area contributed by atoms with Crippen molar-refractivity contribution < 1.29 is 23.9 Å². The van der Waals surface area contributed by atoms with Gasteiger partial charge in [-0.25, -0.2) is 4.98 Å². The molecule has 1 fully saturated rings. The Hall–Kier alpha value is -2.99. The van der Waals surface area contributed by atoms with Gasteiger partial charge in [0.15, 0.2) is 5.78 Å². The number of likely N-dealkylation sites (tertiary alicyclic amines) is 1. The molecule has 2 heterocycles. The van der Waals surface area contributed by atoms with Crippen molar-refractivity contribution >= 4 is 34.7 Å². The average Bonchev–Trinajstić information content (AvgIpc) is 3.65. The van der Waals surface area contributed by atoms with Crippen molar-refractivity contribution in [1.82, 2.24) is 20.1 Å². The summed E-state index contributed by atoms with van der Waals surface area (Å²) in [5, 5.41) is 5.76. The molecule has 10 nitrogen and oxygen atoms in total. The molecule has 3 N–H and O–H groups in total. The molecule has 53 heavy (non-hydrogen) atoms. The molecule has 3 rings (SSSR count). The molecular weight excluding hydrogens is 687 g/mol. The van der Waals surface area contributed by atoms with E-state index in [0.29, 0.717) is 31.6 Å². The van der Waals surface area contributed by atoms with Crippen LogP contribution in [0.5, 0.6) is 0 Å². The van der Waals surface area contributed by atoms with Crippen molar-refractivity contribution in [2.45, 2.75) is 130 Å². The SMILES string of the molecule is CCCOCN(C(=O)[C@@H](CC(=O)[C@H]1CCCCN1C)C(C)CC)C(C[C@@H](C)c1nc(C(=O)N[C@@H](Cc2ccccc2)C[C@H](C)C(=O)CN)cs1)C(C)C. The van der Waals surface area contributed by atoms with E-state index in [4.69, 9.17) is 15.5 Å². The first kappa shape index (κ1) is 44.4. The summed E-state index contributed by atoms with van der Waals surface area (Å²) >= 11 is 1.45. The lowest BCUT2D eigenvalue weighted by atomic mass is 9.82. The zero-order valence-corrected chi connectivity index (χ0v) is 34.5. The highest BCUT2D eigenvalue weighted by Crippen LogP contribution is 2.32. The van der Waals surface area contributed by atoms with Gasteiger partial charge in [0.05, 0.1) is 17.6 Å². The number of aromatic nitrogens is 1. The van der Waals surface area contributed by atoms with Crippen molar-refractivity contribution in [3.8, 4) is 0 Å². The molecule has 0 bridgehead atoms. The van der Waals surface area contributed by atoms with Crippen LogP contribution in [0, 0.1) is 23.7 Å². The van der Waals surface area contributed by atoms with Gasteiger partial charge in [0, 0.05) is 48.2 Å². The van der Waals surface area contributed by atoms with Crippen LogP contribution in [0.4, 0.5) is 0 Å². The van der Waals surface area contributed by atoms with Crippen LogP contribution in [0.15, 0.2) is 35.7 Å². The molecule has 1 saturated heterocycles. The third-order valence-electron chi connectivity index (χ3n) is 11.1. The fourth-order valence-corrected chi connectivity index (χ4v) is 8.32. The number of nitrogens with two attached hydrogens (primary N) is 1. The maximum absolute atomic E-state index is 14.7. The first-order valence-electron chi connectivity index (χ1n) is 19.9. The van der Waals surface area contributed by atoms with Gasteiger partial charge in [0.1, 0.15) is 18.2 Å². The highest BCUT2D eigenvalue weighted by Gasteiger charge is 2.38. The number of rotatable bonds is 23. The lowest BCUT2D eigenvalue weighted by Crippen LogP contribution is -2.50. The Labute approximate surface area is 323 Å². The molecule has 11 heteroatoms. The molecular formula is C42H67N5O5S. The van der Waals surface area contributed by atoms with Crippen molar-refractivity contribution in [3.05, 3.63) is 52.0 Å². The Kier molecular flexibility index (Phi) is 18.8. The minimum atomic E-state index is -0.425. The van der Waals surface area contributed by atoms with Gasteiger partial charge in [-0.15, -0.1) is 11.3 Å². The van der Waals surface area contributed by atoms with Gasteiger partial charge in [0.2, 0.25) is 5.91 Å². The lowest BCUT2D eigenvalue weighted by Gasteiger charge is -2.39. The number of hydrogen-bond acceptors (Lipinski definition) is 9. The van der Waals surface area contributed by atoms with Crippen LogP contribution in [0.1, 0.15) is 127 Å². The molecule has 0 spiro atoms. The van der Waals surface area contributed by atoms with Gasteiger partial charge in [0.25, 0.3) is 5.91 Å². The van der Waals surface area contributed by atoms with E-state index in [1.165, 1.54) is 11.3 Å². The molecule has 1 aliphatic heterocycles. The number of benzene rings is 1. The van der Waals surface area contributed by atoms with Crippen molar-refractivity contribution in [3.63, 3.8) is 0 Å². The molecule has 7 atom stereocenters. The first-order valence-corrected chi connectivity index (χ1v) is 20.8. The Bertz CT molecular complexity index is 1430. The summed E-state index contributed by atoms with van der Waals surface area (Å²) in [7, 11) is 2.02. The van der Waals surface area contributed by atoms with Crippen molar-refractivity contribution in [2.24, 2.45) is 29.4 Å². The molecule has 296 valence electrons. The molecule has 1 aromatic heterocycles. The predicted molar refractivity (Wildman–Crippen MR) is 214 cm³/mol. The predicted octanol–water partition coefficient (Wildman–Crippen LogP) is 6.87. The number of carbonyl (C=O) groups is 4. The minimum absolute atomic E-state index is 0.0147. The van der Waals surface area contributed by atoms with Gasteiger partial charge >= 0.3 is 0 Å². The number of carbonyl (C=O) groups excluding carboxylic acids is 4. The normalized spacial score (nSPS) is 18.5. The molecule has 1 aliphatic rings. The number of piperidine rings is 1. The van der Waals surface area contributed by atoms with E-state index < -0.39 is 5.92 Å². The Morgan fingerprint density at radius 3 is 2.40 bits per heavy atom. The number of thiazole rings is 1. The van der Waals surface area contributed by atoms with E-state index in [1.807, 2.05) is 49.2 Å². The van der Waals surface area contributed by atoms with Crippen LogP contribution in [0.2, 0.25) is 0 Å². The molecule has 2 unspecified atom stereocenters. The van der Waals surface area contributed by atoms with E-state index in [0.717, 1.165) is 49.2 Å². The maximum Gasteiger partial charge on any atom is 0.270 e. The molecule has 0 aliphatic carbocycles. The Balaban J connectivity index is 1.81. The molecule has 0 radical (unpaired) electrons. The topological polar surface area (TPSA) is 135 Å². The Morgan fingerprint density at radius 2 is 1.77 bits per heavy atom. The van der Waals surface area contributed by atoms with Gasteiger partial charge in [-0.05, 0) is 69.5 Å². The summed E-state index contributed by atoms with van der Waals surface area (Å²) in [6, 6.07) is 9.36. The van der Waals surface area contributed by atoms with E-state index in [-0.39, 0.29) is 84.9 Å². The van der Waals surface area contributed by atoms with Crippen LogP contribution in [0.3, 0.4) is 0 Å². The quantitative estimate of drug-likeness (QED) is 0.0928. The van der Waals surface area contributed by atoms with Crippen LogP contribution in [-0.2, 0) is 25.5 Å². The zero-order valence-electron chi connectivity index (χ0n) is 33.6. The number of likely N-dealkylation sites (N-methyl/N-ethyl adjacent to an activating group) is 1. The molecule has 2 aromatic rings. The number of nitrogens with zero attached hydrogens (tertiary/aromatic N) is 3. The van der Waals surface area contributed by atoms with Crippen LogP contribution in [-0.4, -0.2) is 89.8 Å². The number of Topliss-reactive ketones (excluding diaryl/α,β-unsaturated/α-hetero) is 2. The fourth-order valence-electron chi connectivity index (χ4n) is 7.45. The van der Waals surface area contributed by atoms with Crippen LogP contribution in [0.25, 0.3) is 0 Å². The second-order valence-electron chi connectivity index (χ2n) is 15.7. The average molecular weight is 754 g/mol. The largest absolute Gasteiger partial charge is 0.361 e.